The molecule has 0 aromatic rings. The van der Waals surface area contributed by atoms with Crippen LogP contribution < -0.4 is 0 Å². The first-order valence-corrected chi connectivity index (χ1v) is 4.35. The van der Waals surface area contributed by atoms with E-state index >= 15 is 0 Å². The number of hydrogen-bond acceptors (Lipinski definition) is 2. The van der Waals surface area contributed by atoms with Crippen LogP contribution in [-0.2, 0) is 4.79 Å². The maximum Gasteiger partial charge on any atom is 0.304 e. The molecule has 12 heavy (non-hydrogen) atoms. The largest absolute Gasteiger partial charge is 0.481 e. The number of carboxylic acid groups (broad SMARTS) is 1. The molecular weight excluding hydrogens is 154 g/mol. The summed E-state index contributed by atoms with van der Waals surface area (Å²) in [6.45, 7) is 3.85. The molecule has 0 amide bonds. The van der Waals surface area contributed by atoms with Crippen LogP contribution >= 0.6 is 0 Å². The van der Waals surface area contributed by atoms with E-state index in [4.69, 9.17) is 5.11 Å². The Morgan fingerprint density at radius 3 is 2.58 bits per heavy atom. The minimum Gasteiger partial charge on any atom is -0.481 e. The highest BCUT2D eigenvalue weighted by Crippen LogP contribution is 2.11. The van der Waals surface area contributed by atoms with E-state index in [-0.39, 0.29) is 12.5 Å². The van der Waals surface area contributed by atoms with Crippen molar-refractivity contribution in [3.8, 4) is 0 Å². The predicted octanol–water partition coefficient (Wildman–Crippen LogP) is 1.11. The summed E-state index contributed by atoms with van der Waals surface area (Å²) >= 11 is 0. The Balaban J connectivity index is 2.39. The van der Waals surface area contributed by atoms with Gasteiger partial charge in [0.15, 0.2) is 0 Å². The number of nitrogens with zero attached hydrogens (tertiary/aromatic N) is 1. The Hall–Kier alpha value is -0.830. The maximum absolute atomic E-state index is 10.5. The number of carbonyl (C=O) groups is 1. The standard InChI is InChI=1S/C9H15NO2/c1-2-8(7-9(11)12)10-5-3-4-6-10/h3-4,8H,2,5-7H2,1H3,(H,11,12). The predicted molar refractivity (Wildman–Crippen MR) is 47.0 cm³/mol. The lowest BCUT2D eigenvalue weighted by molar-refractivity contribution is -0.138. The summed E-state index contributed by atoms with van der Waals surface area (Å²) in [6, 6.07) is 0.206. The molecule has 0 saturated heterocycles. The van der Waals surface area contributed by atoms with Gasteiger partial charge in [0.2, 0.25) is 0 Å². The van der Waals surface area contributed by atoms with E-state index in [9.17, 15) is 4.79 Å². The lowest BCUT2D eigenvalue weighted by atomic mass is 10.1. The van der Waals surface area contributed by atoms with Crippen molar-refractivity contribution in [2.24, 2.45) is 0 Å². The molecular formula is C9H15NO2. The molecule has 1 rings (SSSR count). The minimum atomic E-state index is -0.700. The van der Waals surface area contributed by atoms with Gasteiger partial charge in [0.1, 0.15) is 0 Å². The lowest BCUT2D eigenvalue weighted by Crippen LogP contribution is -2.34. The molecule has 0 aliphatic carbocycles. The van der Waals surface area contributed by atoms with Gasteiger partial charge in [-0.1, -0.05) is 19.1 Å². The summed E-state index contributed by atoms with van der Waals surface area (Å²) in [5.41, 5.74) is 0. The molecule has 0 fully saturated rings. The zero-order valence-corrected chi connectivity index (χ0v) is 7.36. The topological polar surface area (TPSA) is 40.5 Å². The molecule has 68 valence electrons. The first-order chi connectivity index (χ1) is 5.74. The Labute approximate surface area is 72.7 Å². The maximum atomic E-state index is 10.5. The third-order valence-corrected chi connectivity index (χ3v) is 2.24. The monoisotopic (exact) mass is 169 g/mol. The van der Waals surface area contributed by atoms with Crippen LogP contribution in [0.2, 0.25) is 0 Å². The van der Waals surface area contributed by atoms with Crippen LogP contribution in [0.1, 0.15) is 19.8 Å². The highest BCUT2D eigenvalue weighted by Gasteiger charge is 2.19. The second-order valence-electron chi connectivity index (χ2n) is 3.09. The van der Waals surface area contributed by atoms with Crippen LogP contribution in [0.5, 0.6) is 0 Å². The van der Waals surface area contributed by atoms with Gasteiger partial charge in [0.25, 0.3) is 0 Å². The van der Waals surface area contributed by atoms with E-state index in [1.54, 1.807) is 0 Å². The zero-order chi connectivity index (χ0) is 8.97. The van der Waals surface area contributed by atoms with E-state index in [0.717, 1.165) is 19.5 Å². The van der Waals surface area contributed by atoms with Gasteiger partial charge in [-0.15, -0.1) is 0 Å². The van der Waals surface area contributed by atoms with Crippen LogP contribution in [0.25, 0.3) is 0 Å². The normalized spacial score (nSPS) is 19.8. The molecule has 1 atom stereocenters. The van der Waals surface area contributed by atoms with Crippen molar-refractivity contribution in [2.75, 3.05) is 13.1 Å². The minimum absolute atomic E-state index is 0.206. The molecule has 0 spiro atoms. The van der Waals surface area contributed by atoms with Gasteiger partial charge >= 0.3 is 5.97 Å². The first-order valence-electron chi connectivity index (χ1n) is 4.35. The SMILES string of the molecule is CCC(CC(=O)O)N1CC=CC1. The molecule has 1 unspecified atom stereocenters. The highest BCUT2D eigenvalue weighted by atomic mass is 16.4. The quantitative estimate of drug-likeness (QED) is 0.641. The third kappa shape index (κ3) is 2.34. The average molecular weight is 169 g/mol. The molecule has 3 heteroatoms. The summed E-state index contributed by atoms with van der Waals surface area (Å²) in [5.74, 6) is -0.700. The first kappa shape index (κ1) is 9.26. The van der Waals surface area contributed by atoms with Crippen molar-refractivity contribution in [3.63, 3.8) is 0 Å². The van der Waals surface area contributed by atoms with E-state index in [2.05, 4.69) is 17.1 Å². The molecule has 0 bridgehead atoms. The molecule has 1 aliphatic heterocycles. The van der Waals surface area contributed by atoms with Crippen molar-refractivity contribution >= 4 is 5.97 Å². The molecule has 1 N–H and O–H groups in total. The molecule has 0 aromatic carbocycles. The van der Waals surface area contributed by atoms with Gasteiger partial charge in [-0.25, -0.2) is 0 Å². The van der Waals surface area contributed by atoms with Crippen molar-refractivity contribution in [1.29, 1.82) is 0 Å². The highest BCUT2D eigenvalue weighted by molar-refractivity contribution is 5.67. The van der Waals surface area contributed by atoms with Gasteiger partial charge in [-0.05, 0) is 6.42 Å². The average Bonchev–Trinajstić information content (AvgIpc) is 2.51. The van der Waals surface area contributed by atoms with Crippen LogP contribution in [0.3, 0.4) is 0 Å². The fraction of sp³-hybridized carbons (Fsp3) is 0.667. The molecule has 3 nitrogen and oxygen atoms in total. The smallest absolute Gasteiger partial charge is 0.304 e. The Kier molecular flexibility index (Phi) is 3.29. The summed E-state index contributed by atoms with van der Waals surface area (Å²) in [7, 11) is 0. The number of carboxylic acids is 1. The van der Waals surface area contributed by atoms with E-state index in [0.29, 0.717) is 0 Å². The molecule has 1 heterocycles. The van der Waals surface area contributed by atoms with E-state index < -0.39 is 5.97 Å². The fourth-order valence-electron chi connectivity index (χ4n) is 1.53. The van der Waals surface area contributed by atoms with Crippen molar-refractivity contribution in [3.05, 3.63) is 12.2 Å². The summed E-state index contributed by atoms with van der Waals surface area (Å²) in [6.07, 6.45) is 5.35. The Morgan fingerprint density at radius 1 is 1.58 bits per heavy atom. The van der Waals surface area contributed by atoms with E-state index in [1.807, 2.05) is 6.92 Å². The van der Waals surface area contributed by atoms with Gasteiger partial charge in [0.05, 0.1) is 6.42 Å². The second kappa shape index (κ2) is 4.26. The van der Waals surface area contributed by atoms with Crippen molar-refractivity contribution in [1.82, 2.24) is 4.90 Å². The molecule has 0 radical (unpaired) electrons. The van der Waals surface area contributed by atoms with Crippen LogP contribution in [0.15, 0.2) is 12.2 Å². The van der Waals surface area contributed by atoms with Crippen LogP contribution in [0, 0.1) is 0 Å². The zero-order valence-electron chi connectivity index (χ0n) is 7.36. The van der Waals surface area contributed by atoms with Crippen LogP contribution in [-0.4, -0.2) is 35.1 Å². The lowest BCUT2D eigenvalue weighted by Gasteiger charge is -2.24. The van der Waals surface area contributed by atoms with Crippen molar-refractivity contribution < 1.29 is 9.90 Å². The van der Waals surface area contributed by atoms with Crippen LogP contribution in [0.4, 0.5) is 0 Å². The Morgan fingerprint density at radius 2 is 2.17 bits per heavy atom. The number of aliphatic carboxylic acids is 1. The van der Waals surface area contributed by atoms with Gasteiger partial charge in [0, 0.05) is 19.1 Å². The van der Waals surface area contributed by atoms with E-state index in [1.165, 1.54) is 0 Å². The van der Waals surface area contributed by atoms with Gasteiger partial charge in [-0.2, -0.15) is 0 Å². The van der Waals surface area contributed by atoms with Gasteiger partial charge < -0.3 is 5.11 Å². The number of hydrogen-bond donors (Lipinski definition) is 1. The Bertz CT molecular complexity index is 181. The molecule has 0 saturated carbocycles. The summed E-state index contributed by atoms with van der Waals surface area (Å²) < 4.78 is 0. The van der Waals surface area contributed by atoms with Crippen molar-refractivity contribution in [2.45, 2.75) is 25.8 Å². The summed E-state index contributed by atoms with van der Waals surface area (Å²) in [4.78, 5) is 12.7. The fourth-order valence-corrected chi connectivity index (χ4v) is 1.53. The molecule has 0 aromatic heterocycles. The summed E-state index contributed by atoms with van der Waals surface area (Å²) in [5, 5.41) is 8.63. The van der Waals surface area contributed by atoms with Gasteiger partial charge in [-0.3, -0.25) is 9.69 Å². The second-order valence-corrected chi connectivity index (χ2v) is 3.09. The molecule has 1 aliphatic rings. The third-order valence-electron chi connectivity index (χ3n) is 2.24. The number of rotatable bonds is 4.